The van der Waals surface area contributed by atoms with Crippen molar-refractivity contribution in [2.24, 2.45) is 5.92 Å². The maximum atomic E-state index is 12.6. The molecular weight excluding hydrogens is 352 g/mol. The van der Waals surface area contributed by atoms with E-state index in [2.05, 4.69) is 15.2 Å². The molecule has 1 atom stereocenters. The van der Waals surface area contributed by atoms with Gasteiger partial charge in [0, 0.05) is 49.0 Å². The number of anilines is 2. The molecule has 0 saturated carbocycles. The van der Waals surface area contributed by atoms with E-state index in [0.29, 0.717) is 17.5 Å². The summed E-state index contributed by atoms with van der Waals surface area (Å²) in [5, 5.41) is 3.64. The van der Waals surface area contributed by atoms with E-state index in [1.54, 1.807) is 4.57 Å². The first-order valence-corrected chi connectivity index (χ1v) is 9.61. The monoisotopic (exact) mass is 372 g/mol. The van der Waals surface area contributed by atoms with Gasteiger partial charge in [-0.05, 0) is 24.3 Å². The Morgan fingerprint density at radius 1 is 1.19 bits per heavy atom. The van der Waals surface area contributed by atoms with Crippen molar-refractivity contribution in [3.63, 3.8) is 0 Å². The molecule has 1 saturated heterocycles. The van der Waals surface area contributed by atoms with Crippen molar-refractivity contribution in [2.45, 2.75) is 11.7 Å². The lowest BCUT2D eigenvalue weighted by Crippen LogP contribution is -2.36. The highest BCUT2D eigenvalue weighted by Crippen LogP contribution is 2.26. The van der Waals surface area contributed by atoms with Crippen molar-refractivity contribution < 1.29 is 9.53 Å². The number of fused-ring (bicyclic) bond motifs is 1. The van der Waals surface area contributed by atoms with Crippen LogP contribution in [0.3, 0.4) is 0 Å². The number of hydrogen-bond acceptors (Lipinski definition) is 6. The van der Waals surface area contributed by atoms with Crippen molar-refractivity contribution in [3.8, 4) is 0 Å². The number of nitrogens with one attached hydrogen (secondary N) is 1. The number of thioether (sulfide) groups is 1. The van der Waals surface area contributed by atoms with Crippen LogP contribution in [0.1, 0.15) is 0 Å². The minimum absolute atomic E-state index is 0.0713. The third-order valence-electron chi connectivity index (χ3n) is 4.60. The van der Waals surface area contributed by atoms with Crippen LogP contribution >= 0.6 is 11.8 Å². The summed E-state index contributed by atoms with van der Waals surface area (Å²) in [4.78, 5) is 31.0. The summed E-state index contributed by atoms with van der Waals surface area (Å²) >= 11 is 1.44. The summed E-state index contributed by atoms with van der Waals surface area (Å²) in [6, 6.07) is 9.29. The molecule has 1 N–H and O–H groups in total. The highest BCUT2D eigenvalue weighted by atomic mass is 32.2. The number of amides is 1. The number of carbonyl (C=O) groups excluding carboxylic acids is 1. The number of carbonyl (C=O) groups is 1. The minimum Gasteiger partial charge on any atom is -0.378 e. The zero-order valence-corrected chi connectivity index (χ0v) is 15.1. The summed E-state index contributed by atoms with van der Waals surface area (Å²) in [5.41, 5.74) is 1.78. The number of nitrogens with zero attached hydrogens (tertiary/aromatic N) is 3. The van der Waals surface area contributed by atoms with Crippen LogP contribution in [0.25, 0.3) is 0 Å². The Morgan fingerprint density at radius 2 is 1.96 bits per heavy atom. The summed E-state index contributed by atoms with van der Waals surface area (Å²) in [5.74, 6) is 0.292. The fourth-order valence-electron chi connectivity index (χ4n) is 3.13. The fraction of sp³-hybridized carbons (Fsp3) is 0.389. The Balaban J connectivity index is 1.40. The number of benzene rings is 1. The van der Waals surface area contributed by atoms with Crippen molar-refractivity contribution in [1.29, 1.82) is 0 Å². The number of rotatable bonds is 3. The topological polar surface area (TPSA) is 76.5 Å². The molecule has 2 aliphatic heterocycles. The minimum atomic E-state index is -0.256. The molecule has 4 rings (SSSR count). The zero-order valence-electron chi connectivity index (χ0n) is 14.3. The maximum absolute atomic E-state index is 12.6. The maximum Gasteiger partial charge on any atom is 0.254 e. The van der Waals surface area contributed by atoms with Crippen LogP contribution in [0.2, 0.25) is 0 Å². The Hall–Kier alpha value is -2.32. The standard InChI is InChI=1S/C18H20N4O3S/c23-16-5-6-19-18-22(16)11-13(12-26-18)17(24)20-14-1-3-15(4-2-14)21-7-9-25-10-8-21/h1-6,13H,7-12H2,(H,20,24). The van der Waals surface area contributed by atoms with Crippen molar-refractivity contribution >= 4 is 29.0 Å². The van der Waals surface area contributed by atoms with Gasteiger partial charge >= 0.3 is 0 Å². The predicted octanol–water partition coefficient (Wildman–Crippen LogP) is 1.44. The van der Waals surface area contributed by atoms with Gasteiger partial charge in [0.1, 0.15) is 0 Å². The molecule has 2 aromatic rings. The van der Waals surface area contributed by atoms with E-state index in [1.807, 2.05) is 24.3 Å². The van der Waals surface area contributed by atoms with E-state index in [9.17, 15) is 9.59 Å². The van der Waals surface area contributed by atoms with E-state index < -0.39 is 0 Å². The zero-order chi connectivity index (χ0) is 17.9. The summed E-state index contributed by atoms with van der Waals surface area (Å²) in [6.45, 7) is 3.62. The molecule has 3 heterocycles. The Labute approximate surface area is 155 Å². The molecule has 2 aliphatic rings. The third-order valence-corrected chi connectivity index (χ3v) is 5.75. The Kier molecular flexibility index (Phi) is 4.94. The predicted molar refractivity (Wildman–Crippen MR) is 101 cm³/mol. The van der Waals surface area contributed by atoms with Crippen molar-refractivity contribution in [3.05, 3.63) is 46.9 Å². The molecule has 1 aromatic heterocycles. The molecular formula is C18H20N4O3S. The van der Waals surface area contributed by atoms with Crippen LogP contribution in [0.5, 0.6) is 0 Å². The largest absolute Gasteiger partial charge is 0.378 e. The molecule has 1 fully saturated rings. The van der Waals surface area contributed by atoms with E-state index in [-0.39, 0.29) is 17.4 Å². The highest BCUT2D eigenvalue weighted by molar-refractivity contribution is 7.99. The van der Waals surface area contributed by atoms with Gasteiger partial charge in [-0.15, -0.1) is 0 Å². The molecule has 0 bridgehead atoms. The third kappa shape index (κ3) is 3.61. The first-order chi connectivity index (χ1) is 12.7. The first kappa shape index (κ1) is 17.1. The van der Waals surface area contributed by atoms with Crippen LogP contribution < -0.4 is 15.8 Å². The van der Waals surface area contributed by atoms with Gasteiger partial charge in [0.25, 0.3) is 5.56 Å². The molecule has 0 radical (unpaired) electrons. The van der Waals surface area contributed by atoms with Crippen LogP contribution in [-0.2, 0) is 16.1 Å². The normalized spacial score (nSPS) is 19.7. The molecule has 0 aliphatic carbocycles. The van der Waals surface area contributed by atoms with Crippen LogP contribution in [0.4, 0.5) is 11.4 Å². The smallest absolute Gasteiger partial charge is 0.254 e. The molecule has 136 valence electrons. The number of ether oxygens (including phenoxy) is 1. The quantitative estimate of drug-likeness (QED) is 0.822. The molecule has 1 unspecified atom stereocenters. The molecule has 7 nitrogen and oxygen atoms in total. The van der Waals surface area contributed by atoms with Gasteiger partial charge < -0.3 is 15.0 Å². The van der Waals surface area contributed by atoms with Gasteiger partial charge in [0.15, 0.2) is 5.16 Å². The average Bonchev–Trinajstić information content (AvgIpc) is 2.69. The molecule has 0 spiro atoms. The number of morpholine rings is 1. The molecule has 1 amide bonds. The van der Waals surface area contributed by atoms with Crippen molar-refractivity contribution in [2.75, 3.05) is 42.3 Å². The Bertz CT molecular complexity index is 846. The summed E-state index contributed by atoms with van der Waals surface area (Å²) in [7, 11) is 0. The van der Waals surface area contributed by atoms with Crippen LogP contribution in [-0.4, -0.2) is 47.5 Å². The van der Waals surface area contributed by atoms with E-state index in [0.717, 1.165) is 37.7 Å². The fourth-order valence-corrected chi connectivity index (χ4v) is 4.19. The van der Waals surface area contributed by atoms with Crippen molar-refractivity contribution in [1.82, 2.24) is 9.55 Å². The van der Waals surface area contributed by atoms with Gasteiger partial charge in [-0.2, -0.15) is 0 Å². The SMILES string of the molecule is O=C(Nc1ccc(N2CCOCC2)cc1)C1CSc2nccc(=O)n2C1. The molecule has 26 heavy (non-hydrogen) atoms. The van der Waals surface area contributed by atoms with Crippen LogP contribution in [0, 0.1) is 5.92 Å². The lowest BCUT2D eigenvalue weighted by atomic mass is 10.1. The second-order valence-electron chi connectivity index (χ2n) is 6.32. The Morgan fingerprint density at radius 3 is 2.73 bits per heavy atom. The second-order valence-corrected chi connectivity index (χ2v) is 7.31. The second kappa shape index (κ2) is 7.51. The lowest BCUT2D eigenvalue weighted by molar-refractivity contribution is -0.119. The first-order valence-electron chi connectivity index (χ1n) is 8.63. The summed E-state index contributed by atoms with van der Waals surface area (Å²) in [6.07, 6.45) is 1.51. The van der Waals surface area contributed by atoms with E-state index in [1.165, 1.54) is 24.0 Å². The summed E-state index contributed by atoms with van der Waals surface area (Å²) < 4.78 is 6.94. The van der Waals surface area contributed by atoms with Gasteiger partial charge in [-0.25, -0.2) is 4.98 Å². The van der Waals surface area contributed by atoms with Gasteiger partial charge in [0.2, 0.25) is 5.91 Å². The number of aromatic nitrogens is 2. The highest BCUT2D eigenvalue weighted by Gasteiger charge is 2.26. The van der Waals surface area contributed by atoms with Gasteiger partial charge in [0.05, 0.1) is 19.1 Å². The van der Waals surface area contributed by atoms with Crippen LogP contribution in [0.15, 0.2) is 46.5 Å². The molecule has 1 aromatic carbocycles. The van der Waals surface area contributed by atoms with Gasteiger partial charge in [-0.3, -0.25) is 14.2 Å². The molecule has 8 heteroatoms. The van der Waals surface area contributed by atoms with E-state index in [4.69, 9.17) is 4.74 Å². The number of hydrogen-bond donors (Lipinski definition) is 1. The lowest BCUT2D eigenvalue weighted by Gasteiger charge is -2.29. The van der Waals surface area contributed by atoms with E-state index >= 15 is 0 Å². The average molecular weight is 372 g/mol. The van der Waals surface area contributed by atoms with Gasteiger partial charge in [-0.1, -0.05) is 11.8 Å².